The van der Waals surface area contributed by atoms with Crippen LogP contribution < -0.4 is 10.1 Å². The van der Waals surface area contributed by atoms with Gasteiger partial charge in [-0.1, -0.05) is 20.8 Å². The van der Waals surface area contributed by atoms with E-state index in [1.165, 1.54) is 13.2 Å². The lowest BCUT2D eigenvalue weighted by molar-refractivity contribution is 0.0836. The summed E-state index contributed by atoms with van der Waals surface area (Å²) >= 11 is 0. The molecule has 1 aromatic heterocycles. The zero-order chi connectivity index (χ0) is 13.8. The fourth-order valence-corrected chi connectivity index (χ4v) is 1.54. The van der Waals surface area contributed by atoms with Crippen LogP contribution in [0.4, 0.5) is 0 Å². The number of ether oxygens (including phenoxy) is 1. The first-order valence-corrected chi connectivity index (χ1v) is 5.79. The van der Waals surface area contributed by atoms with E-state index in [1.54, 1.807) is 0 Å². The van der Waals surface area contributed by atoms with Gasteiger partial charge in [0, 0.05) is 6.54 Å². The van der Waals surface area contributed by atoms with Crippen molar-refractivity contribution < 1.29 is 19.2 Å². The molecule has 18 heavy (non-hydrogen) atoms. The first-order chi connectivity index (χ1) is 8.31. The number of hydrogen-bond acceptors (Lipinski definition) is 5. The molecule has 0 aromatic carbocycles. The van der Waals surface area contributed by atoms with Crippen LogP contribution in [-0.4, -0.2) is 35.9 Å². The molecular weight excluding hydrogens is 236 g/mol. The van der Waals surface area contributed by atoms with Gasteiger partial charge >= 0.3 is 0 Å². The van der Waals surface area contributed by atoms with Crippen molar-refractivity contribution in [2.45, 2.75) is 33.3 Å². The van der Waals surface area contributed by atoms with Gasteiger partial charge in [0.25, 0.3) is 11.8 Å². The molecule has 1 heterocycles. The highest BCUT2D eigenvalue weighted by atomic mass is 16.5. The molecule has 0 aliphatic heterocycles. The van der Waals surface area contributed by atoms with E-state index in [-0.39, 0.29) is 23.6 Å². The van der Waals surface area contributed by atoms with Gasteiger partial charge in [0.05, 0.1) is 19.3 Å². The lowest BCUT2D eigenvalue weighted by atomic mass is 9.89. The van der Waals surface area contributed by atoms with Crippen molar-refractivity contribution in [3.05, 3.63) is 11.8 Å². The minimum absolute atomic E-state index is 0.0135. The third kappa shape index (κ3) is 4.75. The molecule has 1 aromatic rings. The van der Waals surface area contributed by atoms with Crippen molar-refractivity contribution in [2.75, 3.05) is 13.7 Å². The largest absolute Gasteiger partial charge is 0.479 e. The Morgan fingerprint density at radius 2 is 2.28 bits per heavy atom. The summed E-state index contributed by atoms with van der Waals surface area (Å²) in [5, 5.41) is 15.8. The predicted octanol–water partition coefficient (Wildman–Crippen LogP) is 1.21. The number of aliphatic hydroxyl groups excluding tert-OH is 1. The van der Waals surface area contributed by atoms with Gasteiger partial charge < -0.3 is 19.7 Å². The third-order valence-electron chi connectivity index (χ3n) is 2.27. The molecule has 0 spiro atoms. The van der Waals surface area contributed by atoms with Crippen LogP contribution >= 0.6 is 0 Å². The maximum absolute atomic E-state index is 11.6. The molecule has 0 bridgehead atoms. The molecule has 1 amide bonds. The fourth-order valence-electron chi connectivity index (χ4n) is 1.54. The molecule has 0 unspecified atom stereocenters. The highest BCUT2D eigenvalue weighted by Gasteiger charge is 2.19. The molecule has 2 N–H and O–H groups in total. The Kier molecular flexibility index (Phi) is 4.72. The zero-order valence-electron chi connectivity index (χ0n) is 11.2. The third-order valence-corrected chi connectivity index (χ3v) is 2.27. The number of amides is 1. The van der Waals surface area contributed by atoms with E-state index < -0.39 is 12.0 Å². The average Bonchev–Trinajstić information content (AvgIpc) is 2.72. The Balaban J connectivity index is 2.41. The van der Waals surface area contributed by atoms with Gasteiger partial charge in [-0.25, -0.2) is 0 Å². The Morgan fingerprint density at radius 1 is 1.61 bits per heavy atom. The Hall–Kier alpha value is -1.56. The molecule has 0 fully saturated rings. The standard InChI is InChI=1S/C12H20N2O4/c1-12(2,3)6-8(15)7-13-11(16)9-5-10(17-4)14-18-9/h5,8,15H,6-7H2,1-4H3,(H,13,16)/t8-/m1/s1. The van der Waals surface area contributed by atoms with E-state index >= 15 is 0 Å². The predicted molar refractivity (Wildman–Crippen MR) is 65.5 cm³/mol. The minimum atomic E-state index is -0.584. The zero-order valence-corrected chi connectivity index (χ0v) is 11.2. The Bertz CT molecular complexity index is 395. The average molecular weight is 256 g/mol. The monoisotopic (exact) mass is 256 g/mol. The van der Waals surface area contributed by atoms with Crippen LogP contribution in [0.1, 0.15) is 37.7 Å². The topological polar surface area (TPSA) is 84.6 Å². The SMILES string of the molecule is COc1cc(C(=O)NC[C@H](O)CC(C)(C)C)on1. The summed E-state index contributed by atoms with van der Waals surface area (Å²) in [7, 11) is 1.44. The van der Waals surface area contributed by atoms with Crippen LogP contribution in [0.15, 0.2) is 10.6 Å². The van der Waals surface area contributed by atoms with Crippen LogP contribution in [0.25, 0.3) is 0 Å². The molecule has 0 radical (unpaired) electrons. The molecule has 0 aliphatic carbocycles. The second-order valence-electron chi connectivity index (χ2n) is 5.36. The van der Waals surface area contributed by atoms with Gasteiger partial charge in [0.15, 0.2) is 0 Å². The molecule has 1 rings (SSSR count). The van der Waals surface area contributed by atoms with Crippen LogP contribution in [0, 0.1) is 5.41 Å². The maximum atomic E-state index is 11.6. The quantitative estimate of drug-likeness (QED) is 0.827. The molecule has 1 atom stereocenters. The van der Waals surface area contributed by atoms with E-state index in [2.05, 4.69) is 10.5 Å². The lowest BCUT2D eigenvalue weighted by Gasteiger charge is -2.22. The Labute approximate surface area is 106 Å². The van der Waals surface area contributed by atoms with E-state index in [0.717, 1.165) is 0 Å². The summed E-state index contributed by atoms with van der Waals surface area (Å²) in [4.78, 5) is 11.6. The second-order valence-corrected chi connectivity index (χ2v) is 5.36. The fraction of sp³-hybridized carbons (Fsp3) is 0.667. The normalized spacial score (nSPS) is 13.2. The van der Waals surface area contributed by atoms with E-state index in [0.29, 0.717) is 6.42 Å². The molecule has 6 nitrogen and oxygen atoms in total. The van der Waals surface area contributed by atoms with Crippen molar-refractivity contribution in [1.29, 1.82) is 0 Å². The van der Waals surface area contributed by atoms with E-state index in [4.69, 9.17) is 9.26 Å². The molecule has 102 valence electrons. The van der Waals surface area contributed by atoms with Gasteiger partial charge in [-0.2, -0.15) is 0 Å². The Morgan fingerprint density at radius 3 is 2.78 bits per heavy atom. The minimum Gasteiger partial charge on any atom is -0.479 e. The summed E-state index contributed by atoms with van der Waals surface area (Å²) in [5.74, 6) is -0.107. The lowest BCUT2D eigenvalue weighted by Crippen LogP contribution is -2.34. The van der Waals surface area contributed by atoms with Gasteiger partial charge in [0.2, 0.25) is 5.76 Å². The number of hydrogen-bond donors (Lipinski definition) is 2. The van der Waals surface area contributed by atoms with Crippen LogP contribution in [0.2, 0.25) is 0 Å². The molecule has 0 saturated carbocycles. The molecule has 6 heteroatoms. The van der Waals surface area contributed by atoms with Gasteiger partial charge in [-0.05, 0) is 17.0 Å². The van der Waals surface area contributed by atoms with Crippen LogP contribution in [0.3, 0.4) is 0 Å². The van der Waals surface area contributed by atoms with E-state index in [1.807, 2.05) is 20.8 Å². The van der Waals surface area contributed by atoms with Crippen molar-refractivity contribution in [2.24, 2.45) is 5.41 Å². The summed E-state index contributed by atoms with van der Waals surface area (Å²) in [6, 6.07) is 1.39. The summed E-state index contributed by atoms with van der Waals surface area (Å²) in [6.07, 6.45) is 0.0197. The number of aromatic nitrogens is 1. The number of nitrogens with zero attached hydrogens (tertiary/aromatic N) is 1. The maximum Gasteiger partial charge on any atom is 0.290 e. The van der Waals surface area contributed by atoms with Gasteiger partial charge in [-0.15, -0.1) is 0 Å². The van der Waals surface area contributed by atoms with Gasteiger partial charge in [-0.3, -0.25) is 4.79 Å². The number of nitrogens with one attached hydrogen (secondary N) is 1. The molecular formula is C12H20N2O4. The summed E-state index contributed by atoms with van der Waals surface area (Å²) in [5.41, 5.74) is 0.0135. The number of methoxy groups -OCH3 is 1. The van der Waals surface area contributed by atoms with Crippen LogP contribution in [-0.2, 0) is 0 Å². The number of rotatable bonds is 5. The first kappa shape index (κ1) is 14.5. The number of carbonyl (C=O) groups is 1. The first-order valence-electron chi connectivity index (χ1n) is 5.79. The van der Waals surface area contributed by atoms with Crippen molar-refractivity contribution in [3.8, 4) is 5.88 Å². The highest BCUT2D eigenvalue weighted by molar-refractivity contribution is 5.91. The highest BCUT2D eigenvalue weighted by Crippen LogP contribution is 2.20. The number of carbonyl (C=O) groups excluding carboxylic acids is 1. The van der Waals surface area contributed by atoms with Gasteiger partial charge in [0.1, 0.15) is 0 Å². The van der Waals surface area contributed by atoms with Crippen molar-refractivity contribution in [3.63, 3.8) is 0 Å². The summed E-state index contributed by atoms with van der Waals surface area (Å²) < 4.78 is 9.58. The smallest absolute Gasteiger partial charge is 0.290 e. The summed E-state index contributed by atoms with van der Waals surface area (Å²) in [6.45, 7) is 6.26. The van der Waals surface area contributed by atoms with Crippen molar-refractivity contribution in [1.82, 2.24) is 10.5 Å². The molecule has 0 aliphatic rings. The molecule has 0 saturated heterocycles. The second kappa shape index (κ2) is 5.86. The van der Waals surface area contributed by atoms with Crippen molar-refractivity contribution >= 4 is 5.91 Å². The van der Waals surface area contributed by atoms with Crippen LogP contribution in [0.5, 0.6) is 5.88 Å². The van der Waals surface area contributed by atoms with E-state index in [9.17, 15) is 9.90 Å². The number of aliphatic hydroxyl groups is 1.